The lowest BCUT2D eigenvalue weighted by atomic mass is 10.1. The topological polar surface area (TPSA) is 136 Å². The minimum absolute atomic E-state index is 0.0562. The summed E-state index contributed by atoms with van der Waals surface area (Å²) in [5.41, 5.74) is 12.3. The number of anilines is 1. The first-order valence-electron chi connectivity index (χ1n) is 7.61. The lowest BCUT2D eigenvalue weighted by Gasteiger charge is -2.29. The van der Waals surface area contributed by atoms with E-state index in [1.807, 2.05) is 4.57 Å². The summed E-state index contributed by atoms with van der Waals surface area (Å²) < 4.78 is 1.82. The molecule has 0 radical (unpaired) electrons. The van der Waals surface area contributed by atoms with Crippen molar-refractivity contribution in [1.29, 1.82) is 0 Å². The Morgan fingerprint density at radius 1 is 1.43 bits per heavy atom. The van der Waals surface area contributed by atoms with Crippen molar-refractivity contribution >= 4 is 22.9 Å². The van der Waals surface area contributed by atoms with Crippen molar-refractivity contribution in [2.45, 2.75) is 37.5 Å². The SMILES string of the molecule is CN(C(=O)CCN)[C@H]1CC[C@H](n2cnc3c(N)ncnc32)[C@H]1O. The molecule has 2 aromatic rings. The molecule has 9 heteroatoms. The third kappa shape index (κ3) is 2.62. The van der Waals surface area contributed by atoms with E-state index in [1.165, 1.54) is 6.33 Å². The van der Waals surface area contributed by atoms with Crippen LogP contribution in [0, 0.1) is 0 Å². The van der Waals surface area contributed by atoms with Gasteiger partial charge in [0.25, 0.3) is 0 Å². The van der Waals surface area contributed by atoms with Gasteiger partial charge in [-0.2, -0.15) is 0 Å². The van der Waals surface area contributed by atoms with Gasteiger partial charge >= 0.3 is 0 Å². The molecule has 0 spiro atoms. The lowest BCUT2D eigenvalue weighted by molar-refractivity contribution is -0.133. The van der Waals surface area contributed by atoms with Crippen molar-refractivity contribution in [1.82, 2.24) is 24.4 Å². The summed E-state index contributed by atoms with van der Waals surface area (Å²) in [6.07, 6.45) is 4.01. The Labute approximate surface area is 133 Å². The number of amides is 1. The standard InChI is InChI=1S/C14H21N7O2/c1-20(10(22)4-5-15)8-2-3-9(12(8)23)21-7-19-11-13(16)17-6-18-14(11)21/h6-9,12,23H,2-5,15H2,1H3,(H2,16,17,18)/t8-,9-,12-/m0/s1. The Kier molecular flexibility index (Phi) is 4.14. The van der Waals surface area contributed by atoms with E-state index in [1.54, 1.807) is 18.3 Å². The van der Waals surface area contributed by atoms with E-state index in [-0.39, 0.29) is 24.4 Å². The fraction of sp³-hybridized carbons (Fsp3) is 0.571. The van der Waals surface area contributed by atoms with Gasteiger partial charge in [0.05, 0.1) is 24.5 Å². The van der Waals surface area contributed by atoms with Crippen LogP contribution in [0.25, 0.3) is 11.2 Å². The highest BCUT2D eigenvalue weighted by Gasteiger charge is 2.40. The molecular weight excluding hydrogens is 298 g/mol. The summed E-state index contributed by atoms with van der Waals surface area (Å²) in [5.74, 6) is 0.257. The zero-order valence-corrected chi connectivity index (χ0v) is 13.0. The molecule has 1 aliphatic rings. The van der Waals surface area contributed by atoms with Crippen LogP contribution in [0.1, 0.15) is 25.3 Å². The molecule has 2 aromatic heterocycles. The third-order valence-electron chi connectivity index (χ3n) is 4.54. The quantitative estimate of drug-likeness (QED) is 0.676. The van der Waals surface area contributed by atoms with Gasteiger partial charge in [-0.15, -0.1) is 0 Å². The van der Waals surface area contributed by atoms with Crippen LogP contribution in [-0.4, -0.2) is 61.2 Å². The van der Waals surface area contributed by atoms with Crippen LogP contribution in [0.5, 0.6) is 0 Å². The molecule has 23 heavy (non-hydrogen) atoms. The summed E-state index contributed by atoms with van der Waals surface area (Å²) in [5, 5.41) is 10.7. The van der Waals surface area contributed by atoms with Gasteiger partial charge in [0, 0.05) is 20.0 Å². The van der Waals surface area contributed by atoms with Crippen molar-refractivity contribution in [3.63, 3.8) is 0 Å². The van der Waals surface area contributed by atoms with Crippen LogP contribution < -0.4 is 11.5 Å². The number of imidazole rings is 1. The Bertz CT molecular complexity index is 716. The van der Waals surface area contributed by atoms with Crippen molar-refractivity contribution in [3.8, 4) is 0 Å². The predicted octanol–water partition coefficient (Wildman–Crippen LogP) is -0.720. The van der Waals surface area contributed by atoms with Gasteiger partial charge in [0.1, 0.15) is 11.8 Å². The van der Waals surface area contributed by atoms with Crippen molar-refractivity contribution in [2.24, 2.45) is 5.73 Å². The molecule has 1 aliphatic carbocycles. The molecule has 0 aliphatic heterocycles. The van der Waals surface area contributed by atoms with Gasteiger partial charge in [-0.05, 0) is 12.8 Å². The molecule has 1 amide bonds. The van der Waals surface area contributed by atoms with Gasteiger partial charge in [-0.25, -0.2) is 15.0 Å². The Morgan fingerprint density at radius 2 is 2.22 bits per heavy atom. The molecule has 0 aromatic carbocycles. The number of fused-ring (bicyclic) bond motifs is 1. The monoisotopic (exact) mass is 319 g/mol. The van der Waals surface area contributed by atoms with Crippen molar-refractivity contribution < 1.29 is 9.90 Å². The maximum atomic E-state index is 12.0. The number of aliphatic hydroxyl groups excluding tert-OH is 1. The van der Waals surface area contributed by atoms with Crippen LogP contribution in [-0.2, 0) is 4.79 Å². The fourth-order valence-corrected chi connectivity index (χ4v) is 3.26. The minimum atomic E-state index is -0.699. The van der Waals surface area contributed by atoms with Gasteiger partial charge in [0.2, 0.25) is 5.91 Å². The summed E-state index contributed by atoms with van der Waals surface area (Å²) >= 11 is 0. The first-order valence-corrected chi connectivity index (χ1v) is 7.61. The Hall–Kier alpha value is -2.26. The van der Waals surface area contributed by atoms with E-state index in [2.05, 4.69) is 15.0 Å². The fourth-order valence-electron chi connectivity index (χ4n) is 3.26. The number of hydrogen-bond donors (Lipinski definition) is 3. The molecule has 1 saturated carbocycles. The molecule has 5 N–H and O–H groups in total. The summed E-state index contributed by atoms with van der Waals surface area (Å²) in [6, 6.07) is -0.442. The summed E-state index contributed by atoms with van der Waals surface area (Å²) in [4.78, 5) is 26.0. The maximum absolute atomic E-state index is 12.0. The molecule has 3 atom stereocenters. The number of nitrogen functional groups attached to an aromatic ring is 1. The lowest BCUT2D eigenvalue weighted by Crippen LogP contribution is -2.44. The number of nitrogens with two attached hydrogens (primary N) is 2. The van der Waals surface area contributed by atoms with Crippen LogP contribution in [0.2, 0.25) is 0 Å². The highest BCUT2D eigenvalue weighted by atomic mass is 16.3. The zero-order valence-electron chi connectivity index (χ0n) is 13.0. The highest BCUT2D eigenvalue weighted by Crippen LogP contribution is 2.35. The molecule has 0 unspecified atom stereocenters. The summed E-state index contributed by atoms with van der Waals surface area (Å²) in [7, 11) is 1.71. The molecule has 2 heterocycles. The number of aliphatic hydroxyl groups is 1. The molecule has 1 fully saturated rings. The largest absolute Gasteiger partial charge is 0.389 e. The smallest absolute Gasteiger partial charge is 0.223 e. The number of rotatable bonds is 4. The second-order valence-electron chi connectivity index (χ2n) is 5.83. The molecule has 0 bridgehead atoms. The number of aromatic nitrogens is 4. The van der Waals surface area contributed by atoms with E-state index < -0.39 is 6.10 Å². The predicted molar refractivity (Wildman–Crippen MR) is 84.2 cm³/mol. The van der Waals surface area contributed by atoms with Gasteiger partial charge in [0.15, 0.2) is 11.5 Å². The second-order valence-corrected chi connectivity index (χ2v) is 5.83. The normalized spacial score (nSPS) is 24.2. The molecular formula is C14H21N7O2. The first-order chi connectivity index (χ1) is 11.0. The second kappa shape index (κ2) is 6.09. The van der Waals surface area contributed by atoms with E-state index in [0.29, 0.717) is 29.9 Å². The third-order valence-corrected chi connectivity index (χ3v) is 4.54. The van der Waals surface area contributed by atoms with Crippen molar-refractivity contribution in [3.05, 3.63) is 12.7 Å². The number of likely N-dealkylation sites (N-methyl/N-ethyl adjacent to an activating group) is 1. The highest BCUT2D eigenvalue weighted by molar-refractivity contribution is 5.81. The Morgan fingerprint density at radius 3 is 2.96 bits per heavy atom. The van der Waals surface area contributed by atoms with Crippen LogP contribution in [0.15, 0.2) is 12.7 Å². The number of carbonyl (C=O) groups excluding carboxylic acids is 1. The van der Waals surface area contributed by atoms with Gasteiger partial charge in [-0.1, -0.05) is 0 Å². The van der Waals surface area contributed by atoms with Crippen LogP contribution >= 0.6 is 0 Å². The van der Waals surface area contributed by atoms with E-state index in [4.69, 9.17) is 11.5 Å². The first kappa shape index (κ1) is 15.6. The van der Waals surface area contributed by atoms with E-state index >= 15 is 0 Å². The maximum Gasteiger partial charge on any atom is 0.223 e. The van der Waals surface area contributed by atoms with E-state index in [9.17, 15) is 9.90 Å². The van der Waals surface area contributed by atoms with Crippen LogP contribution in [0.4, 0.5) is 5.82 Å². The summed E-state index contributed by atoms with van der Waals surface area (Å²) in [6.45, 7) is 0.303. The van der Waals surface area contributed by atoms with E-state index in [0.717, 1.165) is 6.42 Å². The van der Waals surface area contributed by atoms with Crippen LogP contribution in [0.3, 0.4) is 0 Å². The Balaban J connectivity index is 1.85. The molecule has 124 valence electrons. The average molecular weight is 319 g/mol. The molecule has 0 saturated heterocycles. The number of hydrogen-bond acceptors (Lipinski definition) is 7. The number of nitrogens with zero attached hydrogens (tertiary/aromatic N) is 5. The molecule has 9 nitrogen and oxygen atoms in total. The van der Waals surface area contributed by atoms with Crippen molar-refractivity contribution in [2.75, 3.05) is 19.3 Å². The van der Waals surface area contributed by atoms with Gasteiger partial charge in [-0.3, -0.25) is 4.79 Å². The van der Waals surface area contributed by atoms with Gasteiger partial charge < -0.3 is 26.0 Å². The number of carbonyl (C=O) groups is 1. The minimum Gasteiger partial charge on any atom is -0.389 e. The zero-order chi connectivity index (χ0) is 16.6. The average Bonchev–Trinajstić information content (AvgIpc) is 3.11. The molecule has 3 rings (SSSR count).